The Kier molecular flexibility index (Phi) is 7.98. The maximum Gasteiger partial charge on any atom is 0.257 e. The van der Waals surface area contributed by atoms with Gasteiger partial charge in [0.2, 0.25) is 5.91 Å². The predicted octanol–water partition coefficient (Wildman–Crippen LogP) is 6.45. The highest BCUT2D eigenvalue weighted by atomic mass is 35.5. The average Bonchev–Trinajstić information content (AvgIpc) is 3.50. The van der Waals surface area contributed by atoms with Gasteiger partial charge in [0.25, 0.3) is 5.91 Å². The van der Waals surface area contributed by atoms with E-state index in [-0.39, 0.29) is 17.6 Å². The number of thioether (sulfide) groups is 2. The lowest BCUT2D eigenvalue weighted by molar-refractivity contribution is -0.113. The van der Waals surface area contributed by atoms with Crippen LogP contribution in [0.1, 0.15) is 10.4 Å². The third-order valence-corrected chi connectivity index (χ3v) is 8.87. The van der Waals surface area contributed by atoms with Gasteiger partial charge in [-0.15, -0.1) is 21.5 Å². The predicted molar refractivity (Wildman–Crippen MR) is 157 cm³/mol. The average molecular weight is 581 g/mol. The van der Waals surface area contributed by atoms with Crippen LogP contribution in [-0.2, 0) is 11.8 Å². The summed E-state index contributed by atoms with van der Waals surface area (Å²) in [6.45, 7) is 0. The van der Waals surface area contributed by atoms with Gasteiger partial charge in [0.15, 0.2) is 15.3 Å². The highest BCUT2D eigenvalue weighted by Gasteiger charge is 2.15. The molecule has 2 amide bonds. The van der Waals surface area contributed by atoms with E-state index in [0.717, 1.165) is 25.8 Å². The molecule has 192 valence electrons. The highest BCUT2D eigenvalue weighted by Crippen LogP contribution is 2.30. The molecule has 0 atom stereocenters. The molecule has 2 N–H and O–H groups in total. The molecule has 8 nitrogen and oxygen atoms in total. The number of benzene rings is 3. The van der Waals surface area contributed by atoms with E-state index in [1.54, 1.807) is 59.5 Å². The molecule has 0 spiro atoms. The Labute approximate surface area is 236 Å². The number of fused-ring (bicyclic) bond motifs is 1. The second-order valence-corrected chi connectivity index (χ2v) is 11.5. The SMILES string of the molecule is CSc1nc2ccc(NC(=O)CSc3nnc(-c4ccc(NC(=O)c5ccccc5Cl)cc4)n3C)cc2s1. The zero-order chi connectivity index (χ0) is 26.6. The smallest absolute Gasteiger partial charge is 0.257 e. The van der Waals surface area contributed by atoms with Crippen LogP contribution >= 0.6 is 46.5 Å². The molecular formula is C26H21ClN6O2S3. The summed E-state index contributed by atoms with van der Waals surface area (Å²) in [6, 6.07) is 19.9. The molecule has 5 rings (SSSR count). The number of hydrogen-bond acceptors (Lipinski definition) is 8. The molecule has 0 unspecified atom stereocenters. The van der Waals surface area contributed by atoms with E-state index >= 15 is 0 Å². The van der Waals surface area contributed by atoms with Crippen molar-refractivity contribution >= 4 is 79.9 Å². The molecule has 0 bridgehead atoms. The van der Waals surface area contributed by atoms with E-state index in [9.17, 15) is 9.59 Å². The zero-order valence-electron chi connectivity index (χ0n) is 20.3. The lowest BCUT2D eigenvalue weighted by Gasteiger charge is -2.08. The summed E-state index contributed by atoms with van der Waals surface area (Å²) in [5.41, 5.74) is 3.53. The van der Waals surface area contributed by atoms with Crippen LogP contribution in [-0.4, -0.2) is 43.6 Å². The van der Waals surface area contributed by atoms with Crippen LogP contribution in [0.25, 0.3) is 21.6 Å². The van der Waals surface area contributed by atoms with Gasteiger partial charge in [0.05, 0.1) is 26.6 Å². The number of nitrogens with one attached hydrogen (secondary N) is 2. The van der Waals surface area contributed by atoms with Crippen LogP contribution in [0.3, 0.4) is 0 Å². The summed E-state index contributed by atoms with van der Waals surface area (Å²) in [4.78, 5) is 29.6. The Morgan fingerprint density at radius 3 is 2.53 bits per heavy atom. The Hall–Kier alpha value is -3.38. The summed E-state index contributed by atoms with van der Waals surface area (Å²) in [6.07, 6.45) is 1.99. The number of rotatable bonds is 8. The molecule has 38 heavy (non-hydrogen) atoms. The van der Waals surface area contributed by atoms with Gasteiger partial charge in [-0.1, -0.05) is 47.3 Å². The molecule has 0 radical (unpaired) electrons. The number of anilines is 2. The lowest BCUT2D eigenvalue weighted by Crippen LogP contribution is -2.14. The Bertz CT molecular complexity index is 1630. The van der Waals surface area contributed by atoms with E-state index in [1.165, 1.54) is 11.8 Å². The van der Waals surface area contributed by atoms with Gasteiger partial charge in [0, 0.05) is 24.0 Å². The molecular weight excluding hydrogens is 560 g/mol. The first-order valence-corrected chi connectivity index (χ1v) is 14.7. The Morgan fingerprint density at radius 1 is 1.00 bits per heavy atom. The second-order valence-electron chi connectivity index (χ2n) is 8.08. The van der Waals surface area contributed by atoms with Crippen LogP contribution in [0.15, 0.2) is 76.2 Å². The standard InChI is InChI=1S/C26H21ClN6O2S3/c1-33-23(15-7-9-16(10-8-15)29-24(35)18-5-3-4-6-19(18)27)31-32-25(33)37-14-22(34)28-17-11-12-20-21(13-17)38-26(30-20)36-2/h3-13H,14H2,1-2H3,(H,28,34)(H,29,35). The molecule has 0 saturated carbocycles. The van der Waals surface area contributed by atoms with Gasteiger partial charge in [-0.05, 0) is 60.9 Å². The van der Waals surface area contributed by atoms with Gasteiger partial charge in [-0.3, -0.25) is 9.59 Å². The number of halogens is 1. The molecule has 0 aliphatic rings. The van der Waals surface area contributed by atoms with Crippen molar-refractivity contribution in [2.45, 2.75) is 9.50 Å². The van der Waals surface area contributed by atoms with Crippen LogP contribution in [0.5, 0.6) is 0 Å². The summed E-state index contributed by atoms with van der Waals surface area (Å²) < 4.78 is 3.86. The Morgan fingerprint density at radius 2 is 1.76 bits per heavy atom. The highest BCUT2D eigenvalue weighted by molar-refractivity contribution is 8.00. The van der Waals surface area contributed by atoms with Gasteiger partial charge in [-0.2, -0.15) is 0 Å². The van der Waals surface area contributed by atoms with Crippen molar-refractivity contribution in [3.8, 4) is 11.4 Å². The first-order chi connectivity index (χ1) is 18.4. The van der Waals surface area contributed by atoms with E-state index in [2.05, 4.69) is 25.8 Å². The van der Waals surface area contributed by atoms with E-state index in [4.69, 9.17) is 11.6 Å². The number of thiazole rings is 1. The minimum absolute atomic E-state index is 0.132. The van der Waals surface area contributed by atoms with E-state index in [0.29, 0.717) is 27.3 Å². The minimum Gasteiger partial charge on any atom is -0.325 e. The van der Waals surface area contributed by atoms with Gasteiger partial charge in [0.1, 0.15) is 0 Å². The third-order valence-electron chi connectivity index (χ3n) is 5.51. The fourth-order valence-electron chi connectivity index (χ4n) is 3.63. The Balaban J connectivity index is 1.19. The van der Waals surface area contributed by atoms with Crippen LogP contribution < -0.4 is 10.6 Å². The van der Waals surface area contributed by atoms with Crippen molar-refractivity contribution in [1.29, 1.82) is 0 Å². The topological polar surface area (TPSA) is 102 Å². The van der Waals surface area contributed by atoms with E-state index < -0.39 is 0 Å². The fourth-order valence-corrected chi connectivity index (χ4v) is 6.10. The number of carbonyl (C=O) groups excluding carboxylic acids is 2. The number of carbonyl (C=O) groups is 2. The van der Waals surface area contributed by atoms with Crippen molar-refractivity contribution in [1.82, 2.24) is 19.7 Å². The normalized spacial score (nSPS) is 11.0. The van der Waals surface area contributed by atoms with Gasteiger partial charge in [-0.25, -0.2) is 4.98 Å². The summed E-state index contributed by atoms with van der Waals surface area (Å²) in [5, 5.41) is 15.3. The molecule has 0 aliphatic heterocycles. The summed E-state index contributed by atoms with van der Waals surface area (Å²) in [5.74, 6) is 0.426. The second kappa shape index (κ2) is 11.6. The maximum atomic E-state index is 12.6. The summed E-state index contributed by atoms with van der Waals surface area (Å²) >= 11 is 10.6. The lowest BCUT2D eigenvalue weighted by atomic mass is 10.1. The van der Waals surface area contributed by atoms with Crippen LogP contribution in [0.4, 0.5) is 11.4 Å². The molecule has 5 aromatic rings. The molecule has 12 heteroatoms. The van der Waals surface area contributed by atoms with Crippen LogP contribution in [0.2, 0.25) is 5.02 Å². The molecule has 0 saturated heterocycles. The van der Waals surface area contributed by atoms with Gasteiger partial charge < -0.3 is 15.2 Å². The zero-order valence-corrected chi connectivity index (χ0v) is 23.5. The van der Waals surface area contributed by atoms with Crippen molar-refractivity contribution in [3.63, 3.8) is 0 Å². The van der Waals surface area contributed by atoms with Crippen molar-refractivity contribution in [3.05, 3.63) is 77.3 Å². The number of nitrogens with zero attached hydrogens (tertiary/aromatic N) is 4. The third kappa shape index (κ3) is 5.86. The minimum atomic E-state index is -0.282. The quantitative estimate of drug-likeness (QED) is 0.203. The van der Waals surface area contributed by atoms with Crippen molar-refractivity contribution in [2.24, 2.45) is 7.05 Å². The van der Waals surface area contributed by atoms with E-state index in [1.807, 2.05) is 48.2 Å². The molecule has 0 aliphatic carbocycles. The largest absolute Gasteiger partial charge is 0.325 e. The van der Waals surface area contributed by atoms with Crippen molar-refractivity contribution < 1.29 is 9.59 Å². The molecule has 0 fully saturated rings. The monoisotopic (exact) mass is 580 g/mol. The summed E-state index contributed by atoms with van der Waals surface area (Å²) in [7, 11) is 1.85. The van der Waals surface area contributed by atoms with Gasteiger partial charge >= 0.3 is 0 Å². The number of aromatic nitrogens is 4. The number of amides is 2. The van der Waals surface area contributed by atoms with Crippen LogP contribution in [0, 0.1) is 0 Å². The molecule has 3 aromatic carbocycles. The first-order valence-electron chi connectivity index (χ1n) is 11.3. The fraction of sp³-hybridized carbons (Fsp3) is 0.115. The first kappa shape index (κ1) is 26.2. The maximum absolute atomic E-state index is 12.6. The number of hydrogen-bond donors (Lipinski definition) is 2. The van der Waals surface area contributed by atoms with Crippen molar-refractivity contribution in [2.75, 3.05) is 22.6 Å². The molecule has 2 heterocycles. The molecule has 2 aromatic heterocycles.